The zero-order chi connectivity index (χ0) is 9.90. The highest BCUT2D eigenvalue weighted by molar-refractivity contribution is 5.89. The molecule has 0 aliphatic carbocycles. The van der Waals surface area contributed by atoms with Crippen molar-refractivity contribution in [3.63, 3.8) is 0 Å². The highest BCUT2D eigenvalue weighted by Crippen LogP contribution is 2.33. The quantitative estimate of drug-likeness (QED) is 0.649. The monoisotopic (exact) mass is 181 g/mol. The second-order valence-corrected chi connectivity index (χ2v) is 3.83. The van der Waals surface area contributed by atoms with E-state index in [1.807, 2.05) is 13.8 Å². The Morgan fingerprint density at radius 1 is 1.46 bits per heavy atom. The highest BCUT2D eigenvalue weighted by atomic mass is 16.5. The SMILES string of the molecule is CC(C)C(=O)C1(C#N)CCOCC1. The van der Waals surface area contributed by atoms with Crippen molar-refractivity contribution in [1.82, 2.24) is 0 Å². The fraction of sp³-hybridized carbons (Fsp3) is 0.800. The summed E-state index contributed by atoms with van der Waals surface area (Å²) in [5.74, 6) is 0.0102. The second-order valence-electron chi connectivity index (χ2n) is 3.83. The summed E-state index contributed by atoms with van der Waals surface area (Å²) < 4.78 is 5.15. The molecule has 0 radical (unpaired) electrons. The zero-order valence-electron chi connectivity index (χ0n) is 8.17. The number of hydrogen-bond donors (Lipinski definition) is 0. The van der Waals surface area contributed by atoms with Gasteiger partial charge in [-0.2, -0.15) is 5.26 Å². The number of Topliss-reactive ketones (excluding diaryl/α,β-unsaturated/α-hetero) is 1. The first-order valence-electron chi connectivity index (χ1n) is 4.66. The number of ketones is 1. The number of hydrogen-bond acceptors (Lipinski definition) is 3. The van der Waals surface area contributed by atoms with Crippen LogP contribution in [0.2, 0.25) is 0 Å². The topological polar surface area (TPSA) is 50.1 Å². The lowest BCUT2D eigenvalue weighted by Crippen LogP contribution is -2.38. The molecule has 1 heterocycles. The molecular formula is C10H15NO2. The lowest BCUT2D eigenvalue weighted by atomic mass is 9.74. The van der Waals surface area contributed by atoms with Crippen molar-refractivity contribution in [3.05, 3.63) is 0 Å². The Balaban J connectivity index is 2.80. The van der Waals surface area contributed by atoms with Crippen LogP contribution in [0.25, 0.3) is 0 Å². The van der Waals surface area contributed by atoms with E-state index in [1.54, 1.807) is 0 Å². The van der Waals surface area contributed by atoms with Crippen LogP contribution in [0.15, 0.2) is 0 Å². The van der Waals surface area contributed by atoms with Crippen LogP contribution in [0, 0.1) is 22.7 Å². The van der Waals surface area contributed by atoms with E-state index in [4.69, 9.17) is 10.00 Å². The van der Waals surface area contributed by atoms with Gasteiger partial charge in [0.2, 0.25) is 0 Å². The van der Waals surface area contributed by atoms with Gasteiger partial charge in [-0.15, -0.1) is 0 Å². The molecular weight excluding hydrogens is 166 g/mol. The summed E-state index contributed by atoms with van der Waals surface area (Å²) in [5, 5.41) is 9.03. The summed E-state index contributed by atoms with van der Waals surface area (Å²) in [6.07, 6.45) is 1.11. The third-order valence-corrected chi connectivity index (χ3v) is 2.56. The molecule has 1 fully saturated rings. The molecule has 13 heavy (non-hydrogen) atoms. The molecule has 1 rings (SSSR count). The summed E-state index contributed by atoms with van der Waals surface area (Å²) >= 11 is 0. The Labute approximate surface area is 78.7 Å². The minimum Gasteiger partial charge on any atom is -0.381 e. The molecule has 1 aliphatic rings. The van der Waals surface area contributed by atoms with Crippen molar-refractivity contribution in [3.8, 4) is 6.07 Å². The fourth-order valence-corrected chi connectivity index (χ4v) is 1.69. The average molecular weight is 181 g/mol. The maximum Gasteiger partial charge on any atom is 0.155 e. The molecule has 0 aromatic rings. The number of nitrogens with zero attached hydrogens (tertiary/aromatic N) is 1. The van der Waals surface area contributed by atoms with E-state index in [-0.39, 0.29) is 11.7 Å². The first-order chi connectivity index (χ1) is 6.12. The largest absolute Gasteiger partial charge is 0.381 e. The van der Waals surface area contributed by atoms with Crippen molar-refractivity contribution in [2.75, 3.05) is 13.2 Å². The lowest BCUT2D eigenvalue weighted by molar-refractivity contribution is -0.133. The fourth-order valence-electron chi connectivity index (χ4n) is 1.69. The van der Waals surface area contributed by atoms with Crippen LogP contribution in [-0.4, -0.2) is 19.0 Å². The van der Waals surface area contributed by atoms with Gasteiger partial charge in [0.1, 0.15) is 5.41 Å². The lowest BCUT2D eigenvalue weighted by Gasteiger charge is -2.30. The van der Waals surface area contributed by atoms with Gasteiger partial charge in [0.25, 0.3) is 0 Å². The minimum atomic E-state index is -0.758. The Hall–Kier alpha value is -0.880. The smallest absolute Gasteiger partial charge is 0.155 e. The normalized spacial score (nSPS) is 21.1. The summed E-state index contributed by atoms with van der Waals surface area (Å²) in [5.41, 5.74) is -0.758. The van der Waals surface area contributed by atoms with E-state index in [0.29, 0.717) is 26.1 Å². The molecule has 72 valence electrons. The number of ether oxygens (including phenoxy) is 1. The van der Waals surface area contributed by atoms with E-state index >= 15 is 0 Å². The molecule has 0 N–H and O–H groups in total. The van der Waals surface area contributed by atoms with E-state index in [2.05, 4.69) is 6.07 Å². The molecule has 1 saturated heterocycles. The Kier molecular flexibility index (Phi) is 3.05. The first kappa shape index (κ1) is 10.2. The third kappa shape index (κ3) is 1.89. The summed E-state index contributed by atoms with van der Waals surface area (Å²) in [7, 11) is 0. The Morgan fingerprint density at radius 2 is 2.00 bits per heavy atom. The van der Waals surface area contributed by atoms with Crippen molar-refractivity contribution in [2.24, 2.45) is 11.3 Å². The van der Waals surface area contributed by atoms with E-state index in [1.165, 1.54) is 0 Å². The standard InChI is InChI=1S/C10H15NO2/c1-8(2)9(12)10(7-11)3-5-13-6-4-10/h8H,3-6H2,1-2H3. The van der Waals surface area contributed by atoms with Crippen molar-refractivity contribution < 1.29 is 9.53 Å². The molecule has 0 aromatic carbocycles. The van der Waals surface area contributed by atoms with Gasteiger partial charge in [0, 0.05) is 19.1 Å². The van der Waals surface area contributed by atoms with Crippen LogP contribution < -0.4 is 0 Å². The molecule has 0 spiro atoms. The van der Waals surface area contributed by atoms with Crippen LogP contribution >= 0.6 is 0 Å². The maximum atomic E-state index is 11.8. The Morgan fingerprint density at radius 3 is 2.38 bits per heavy atom. The number of rotatable bonds is 2. The molecule has 0 aromatic heterocycles. The van der Waals surface area contributed by atoms with Crippen LogP contribution in [0.4, 0.5) is 0 Å². The molecule has 3 heteroatoms. The number of carbonyl (C=O) groups excluding carboxylic acids is 1. The van der Waals surface area contributed by atoms with Crippen LogP contribution in [0.5, 0.6) is 0 Å². The summed E-state index contributed by atoms with van der Waals surface area (Å²) in [6.45, 7) is 4.76. The molecule has 0 amide bonds. The molecule has 0 bridgehead atoms. The number of nitriles is 1. The predicted octanol–water partition coefficient (Wildman–Crippen LogP) is 1.53. The molecule has 0 unspecified atom stereocenters. The van der Waals surface area contributed by atoms with E-state index in [0.717, 1.165) is 0 Å². The third-order valence-electron chi connectivity index (χ3n) is 2.56. The van der Waals surface area contributed by atoms with E-state index in [9.17, 15) is 4.79 Å². The van der Waals surface area contributed by atoms with Gasteiger partial charge in [-0.1, -0.05) is 13.8 Å². The minimum absolute atomic E-state index is 0.0576. The average Bonchev–Trinajstić information content (AvgIpc) is 2.17. The first-order valence-corrected chi connectivity index (χ1v) is 4.66. The van der Waals surface area contributed by atoms with Crippen molar-refractivity contribution in [2.45, 2.75) is 26.7 Å². The van der Waals surface area contributed by atoms with Crippen LogP contribution in [0.1, 0.15) is 26.7 Å². The maximum absolute atomic E-state index is 11.8. The van der Waals surface area contributed by atoms with Crippen LogP contribution in [0.3, 0.4) is 0 Å². The summed E-state index contributed by atoms with van der Waals surface area (Å²) in [6, 6.07) is 2.17. The van der Waals surface area contributed by atoms with Crippen molar-refractivity contribution in [1.29, 1.82) is 5.26 Å². The molecule has 0 atom stereocenters. The highest BCUT2D eigenvalue weighted by Gasteiger charge is 2.40. The van der Waals surface area contributed by atoms with E-state index < -0.39 is 5.41 Å². The van der Waals surface area contributed by atoms with Gasteiger partial charge in [-0.3, -0.25) is 4.79 Å². The van der Waals surface area contributed by atoms with Crippen LogP contribution in [-0.2, 0) is 9.53 Å². The number of carbonyl (C=O) groups is 1. The predicted molar refractivity (Wildman–Crippen MR) is 47.9 cm³/mol. The van der Waals surface area contributed by atoms with Gasteiger partial charge in [0.05, 0.1) is 6.07 Å². The Bertz CT molecular complexity index is 234. The second kappa shape index (κ2) is 3.89. The molecule has 1 aliphatic heterocycles. The van der Waals surface area contributed by atoms with Gasteiger partial charge in [-0.05, 0) is 12.8 Å². The van der Waals surface area contributed by atoms with Gasteiger partial charge >= 0.3 is 0 Å². The molecule has 0 saturated carbocycles. The van der Waals surface area contributed by atoms with Gasteiger partial charge in [0.15, 0.2) is 5.78 Å². The molecule has 3 nitrogen and oxygen atoms in total. The summed E-state index contributed by atoms with van der Waals surface area (Å²) in [4.78, 5) is 11.8. The zero-order valence-corrected chi connectivity index (χ0v) is 8.17. The van der Waals surface area contributed by atoms with Crippen molar-refractivity contribution >= 4 is 5.78 Å². The van der Waals surface area contributed by atoms with Gasteiger partial charge < -0.3 is 4.74 Å². The van der Waals surface area contributed by atoms with Gasteiger partial charge in [-0.25, -0.2) is 0 Å².